The van der Waals surface area contributed by atoms with Crippen LogP contribution in [0.25, 0.3) is 0 Å². The molecule has 0 radical (unpaired) electrons. The van der Waals surface area contributed by atoms with E-state index in [1.807, 2.05) is 6.92 Å². The van der Waals surface area contributed by atoms with Gasteiger partial charge in [0.1, 0.15) is 5.82 Å². The maximum absolute atomic E-state index is 12.8. The van der Waals surface area contributed by atoms with Crippen LogP contribution in [0.4, 0.5) is 4.39 Å². The fourth-order valence-corrected chi connectivity index (χ4v) is 2.11. The average Bonchev–Trinajstić information content (AvgIpc) is 2.51. The van der Waals surface area contributed by atoms with E-state index in [2.05, 4.69) is 10.5 Å². The number of amides is 1. The van der Waals surface area contributed by atoms with Gasteiger partial charge in [0.25, 0.3) is 5.91 Å². The molecule has 0 atom stereocenters. The Balaban J connectivity index is 2.16. The molecular formula is C16H13Cl2FN2O. The second-order valence-corrected chi connectivity index (χ2v) is 5.30. The van der Waals surface area contributed by atoms with Crippen molar-refractivity contribution in [2.45, 2.75) is 13.3 Å². The van der Waals surface area contributed by atoms with Gasteiger partial charge >= 0.3 is 0 Å². The Morgan fingerprint density at radius 2 is 1.73 bits per heavy atom. The summed E-state index contributed by atoms with van der Waals surface area (Å²) in [6.07, 6.45) is 0.599. The third kappa shape index (κ3) is 4.06. The van der Waals surface area contributed by atoms with E-state index in [1.165, 1.54) is 24.3 Å². The van der Waals surface area contributed by atoms with Crippen LogP contribution in [0.2, 0.25) is 10.0 Å². The van der Waals surface area contributed by atoms with Gasteiger partial charge in [-0.3, -0.25) is 4.79 Å². The van der Waals surface area contributed by atoms with E-state index < -0.39 is 11.7 Å². The fourth-order valence-electron chi connectivity index (χ4n) is 1.81. The maximum Gasteiger partial charge on any atom is 0.271 e. The van der Waals surface area contributed by atoms with E-state index in [9.17, 15) is 9.18 Å². The normalized spacial score (nSPS) is 11.4. The second-order valence-electron chi connectivity index (χ2n) is 4.49. The molecule has 2 rings (SSSR count). The first-order valence-electron chi connectivity index (χ1n) is 6.59. The minimum Gasteiger partial charge on any atom is -0.267 e. The molecule has 0 fully saturated rings. The Hall–Kier alpha value is -1.91. The average molecular weight is 339 g/mol. The van der Waals surface area contributed by atoms with Gasteiger partial charge in [0, 0.05) is 5.56 Å². The molecule has 1 N–H and O–H groups in total. The highest BCUT2D eigenvalue weighted by atomic mass is 35.5. The molecule has 0 aliphatic carbocycles. The molecule has 6 heteroatoms. The maximum atomic E-state index is 12.8. The lowest BCUT2D eigenvalue weighted by Crippen LogP contribution is -2.20. The van der Waals surface area contributed by atoms with Gasteiger partial charge < -0.3 is 0 Å². The van der Waals surface area contributed by atoms with Crippen LogP contribution in [0.15, 0.2) is 47.6 Å². The van der Waals surface area contributed by atoms with Crippen LogP contribution in [0.3, 0.4) is 0 Å². The van der Waals surface area contributed by atoms with E-state index >= 15 is 0 Å². The lowest BCUT2D eigenvalue weighted by Gasteiger charge is -2.06. The number of rotatable bonds is 4. The Kier molecular flexibility index (Phi) is 5.52. The molecule has 0 spiro atoms. The molecule has 0 saturated carbocycles. The molecule has 2 aromatic rings. The third-order valence-corrected chi connectivity index (χ3v) is 3.73. The molecule has 2 aromatic carbocycles. The molecule has 0 heterocycles. The Morgan fingerprint density at radius 3 is 2.32 bits per heavy atom. The number of carbonyl (C=O) groups excluding carboxylic acids is 1. The van der Waals surface area contributed by atoms with Crippen molar-refractivity contribution in [3.63, 3.8) is 0 Å². The second kappa shape index (κ2) is 7.38. The summed E-state index contributed by atoms with van der Waals surface area (Å²) in [4.78, 5) is 11.9. The summed E-state index contributed by atoms with van der Waals surface area (Å²) in [5.74, 6) is -0.809. The van der Waals surface area contributed by atoms with Crippen molar-refractivity contribution < 1.29 is 9.18 Å². The van der Waals surface area contributed by atoms with Crippen LogP contribution in [-0.2, 0) is 0 Å². The molecule has 22 heavy (non-hydrogen) atoms. The summed E-state index contributed by atoms with van der Waals surface area (Å²) in [7, 11) is 0. The highest BCUT2D eigenvalue weighted by molar-refractivity contribution is 6.42. The standard InChI is InChI=1S/C16H13Cl2FN2O/c1-2-15(11-5-8-13(17)14(18)9-11)20-21-16(22)10-3-6-12(19)7-4-10/h3-9H,2H2,1H3,(H,21,22)/b20-15-. The summed E-state index contributed by atoms with van der Waals surface area (Å²) >= 11 is 11.9. The van der Waals surface area contributed by atoms with Crippen molar-refractivity contribution in [1.82, 2.24) is 5.43 Å². The van der Waals surface area contributed by atoms with Crippen molar-refractivity contribution in [2.24, 2.45) is 5.10 Å². The summed E-state index contributed by atoms with van der Waals surface area (Å²) in [6.45, 7) is 1.91. The first kappa shape index (κ1) is 16.5. The number of carbonyl (C=O) groups is 1. The van der Waals surface area contributed by atoms with E-state index in [0.717, 1.165) is 5.56 Å². The SMILES string of the molecule is CC/C(=N/NC(=O)c1ccc(F)cc1)c1ccc(Cl)c(Cl)c1. The zero-order valence-electron chi connectivity index (χ0n) is 11.7. The Morgan fingerprint density at radius 1 is 1.09 bits per heavy atom. The molecular weight excluding hydrogens is 326 g/mol. The molecule has 0 aliphatic heterocycles. The molecule has 114 valence electrons. The van der Waals surface area contributed by atoms with Gasteiger partial charge in [0.15, 0.2) is 0 Å². The quantitative estimate of drug-likeness (QED) is 0.638. The zero-order valence-corrected chi connectivity index (χ0v) is 13.2. The van der Waals surface area contributed by atoms with Crippen molar-refractivity contribution in [2.75, 3.05) is 0 Å². The summed E-state index contributed by atoms with van der Waals surface area (Å²) < 4.78 is 12.8. The number of hydrogen-bond acceptors (Lipinski definition) is 2. The molecule has 3 nitrogen and oxygen atoms in total. The molecule has 0 unspecified atom stereocenters. The van der Waals surface area contributed by atoms with Crippen LogP contribution in [0.1, 0.15) is 29.3 Å². The topological polar surface area (TPSA) is 41.5 Å². The predicted octanol–water partition coefficient (Wildman–Crippen LogP) is 4.68. The monoisotopic (exact) mass is 338 g/mol. The Labute approximate surface area is 137 Å². The van der Waals surface area contributed by atoms with Crippen LogP contribution in [0.5, 0.6) is 0 Å². The summed E-state index contributed by atoms with van der Waals surface area (Å²) in [5, 5.41) is 4.98. The highest BCUT2D eigenvalue weighted by Gasteiger charge is 2.08. The van der Waals surface area contributed by atoms with Gasteiger partial charge in [-0.05, 0) is 48.4 Å². The van der Waals surface area contributed by atoms with Crippen molar-refractivity contribution >= 4 is 34.8 Å². The number of nitrogens with one attached hydrogen (secondary N) is 1. The molecule has 0 aliphatic rings. The van der Waals surface area contributed by atoms with E-state index in [1.54, 1.807) is 18.2 Å². The molecule has 1 amide bonds. The minimum atomic E-state index is -0.411. The van der Waals surface area contributed by atoms with E-state index in [4.69, 9.17) is 23.2 Å². The van der Waals surface area contributed by atoms with E-state index in [0.29, 0.717) is 27.7 Å². The van der Waals surface area contributed by atoms with Crippen molar-refractivity contribution in [3.05, 3.63) is 69.5 Å². The predicted molar refractivity (Wildman–Crippen MR) is 87.2 cm³/mol. The first-order chi connectivity index (χ1) is 10.5. The van der Waals surface area contributed by atoms with Gasteiger partial charge in [-0.2, -0.15) is 5.10 Å². The number of hydrazone groups is 1. The fraction of sp³-hybridized carbons (Fsp3) is 0.125. The third-order valence-electron chi connectivity index (χ3n) is 2.99. The Bertz CT molecular complexity index is 715. The lowest BCUT2D eigenvalue weighted by atomic mass is 10.1. The van der Waals surface area contributed by atoms with Crippen molar-refractivity contribution in [1.29, 1.82) is 0 Å². The molecule has 0 saturated heterocycles. The number of nitrogens with zero attached hydrogens (tertiary/aromatic N) is 1. The minimum absolute atomic E-state index is 0.328. The zero-order chi connectivity index (χ0) is 16.1. The lowest BCUT2D eigenvalue weighted by molar-refractivity contribution is 0.0955. The number of hydrogen-bond donors (Lipinski definition) is 1. The van der Waals surface area contributed by atoms with Crippen LogP contribution in [-0.4, -0.2) is 11.6 Å². The van der Waals surface area contributed by atoms with Crippen LogP contribution >= 0.6 is 23.2 Å². The first-order valence-corrected chi connectivity index (χ1v) is 7.34. The van der Waals surface area contributed by atoms with Crippen molar-refractivity contribution in [3.8, 4) is 0 Å². The summed E-state index contributed by atoms with van der Waals surface area (Å²) in [5.41, 5.74) is 4.22. The van der Waals surface area contributed by atoms with Crippen LogP contribution in [0, 0.1) is 5.82 Å². The number of benzene rings is 2. The van der Waals surface area contributed by atoms with E-state index in [-0.39, 0.29) is 0 Å². The molecule has 0 bridgehead atoms. The largest absolute Gasteiger partial charge is 0.271 e. The van der Waals surface area contributed by atoms with Crippen LogP contribution < -0.4 is 5.43 Å². The van der Waals surface area contributed by atoms with Gasteiger partial charge in [-0.25, -0.2) is 9.82 Å². The smallest absolute Gasteiger partial charge is 0.267 e. The van der Waals surface area contributed by atoms with Gasteiger partial charge in [0.2, 0.25) is 0 Å². The number of halogens is 3. The molecule has 0 aromatic heterocycles. The van der Waals surface area contributed by atoms with Gasteiger partial charge in [0.05, 0.1) is 15.8 Å². The van der Waals surface area contributed by atoms with Gasteiger partial charge in [-0.15, -0.1) is 0 Å². The highest BCUT2D eigenvalue weighted by Crippen LogP contribution is 2.23. The van der Waals surface area contributed by atoms with Gasteiger partial charge in [-0.1, -0.05) is 36.2 Å². The summed E-state index contributed by atoms with van der Waals surface area (Å²) in [6, 6.07) is 10.4.